The highest BCUT2D eigenvalue weighted by Gasteiger charge is 2.22. The number of amidine groups is 1. The molecule has 0 spiro atoms. The number of oxime groups is 1. The third-order valence-corrected chi connectivity index (χ3v) is 4.33. The number of nitrogens with two attached hydrogens (primary N) is 1. The maximum absolute atomic E-state index is 12.2. The van der Waals surface area contributed by atoms with Gasteiger partial charge in [0.25, 0.3) is 0 Å². The van der Waals surface area contributed by atoms with Crippen molar-refractivity contribution in [2.75, 3.05) is 13.1 Å². The maximum atomic E-state index is 12.2. The molecule has 8 heteroatoms. The summed E-state index contributed by atoms with van der Waals surface area (Å²) in [7, 11) is -3.58. The summed E-state index contributed by atoms with van der Waals surface area (Å²) in [4.78, 5) is 3.92. The molecule has 1 aromatic rings. The van der Waals surface area contributed by atoms with Crippen LogP contribution in [0.5, 0.6) is 0 Å². The normalized spacial score (nSPS) is 12.9. The summed E-state index contributed by atoms with van der Waals surface area (Å²) in [5.41, 5.74) is 5.32. The van der Waals surface area contributed by atoms with Gasteiger partial charge in [0.05, 0.1) is 0 Å². The largest absolute Gasteiger partial charge is 0.409 e. The lowest BCUT2D eigenvalue weighted by Gasteiger charge is -2.19. The molecule has 1 heterocycles. The number of rotatable bonds is 6. The van der Waals surface area contributed by atoms with Gasteiger partial charge >= 0.3 is 0 Å². The number of sulfonamides is 1. The zero-order valence-electron chi connectivity index (χ0n) is 10.0. The lowest BCUT2D eigenvalue weighted by Crippen LogP contribution is -2.34. The lowest BCUT2D eigenvalue weighted by molar-refractivity contribution is 0.315. The fourth-order valence-corrected chi connectivity index (χ4v) is 2.80. The Bertz CT molecular complexity index is 501. The fraction of sp³-hybridized carbons (Fsp3) is 0.400. The Balaban J connectivity index is 2.88. The molecule has 0 bridgehead atoms. The summed E-state index contributed by atoms with van der Waals surface area (Å²) in [6.07, 6.45) is 2.97. The van der Waals surface area contributed by atoms with Crippen molar-refractivity contribution in [3.63, 3.8) is 0 Å². The van der Waals surface area contributed by atoms with Crippen LogP contribution in [0.15, 0.2) is 34.6 Å². The summed E-state index contributed by atoms with van der Waals surface area (Å²) >= 11 is 0. The van der Waals surface area contributed by atoms with Gasteiger partial charge in [-0.25, -0.2) is 8.42 Å². The first kappa shape index (κ1) is 14.4. The predicted molar refractivity (Wildman–Crippen MR) is 66.7 cm³/mol. The maximum Gasteiger partial charge on any atom is 0.244 e. The van der Waals surface area contributed by atoms with Gasteiger partial charge in [0.2, 0.25) is 10.0 Å². The molecule has 1 aromatic heterocycles. The molecule has 0 aliphatic carbocycles. The van der Waals surface area contributed by atoms with Crippen molar-refractivity contribution in [1.29, 1.82) is 0 Å². The summed E-state index contributed by atoms with van der Waals surface area (Å²) < 4.78 is 25.7. The van der Waals surface area contributed by atoms with E-state index in [1.165, 1.54) is 22.8 Å². The van der Waals surface area contributed by atoms with Crippen LogP contribution in [0, 0.1) is 0 Å². The van der Waals surface area contributed by atoms with Crippen molar-refractivity contribution in [3.8, 4) is 0 Å². The van der Waals surface area contributed by atoms with E-state index in [4.69, 9.17) is 10.9 Å². The predicted octanol–water partition coefficient (Wildman–Crippen LogP) is 0.229. The SMILES string of the molecule is CCN(CC/C(N)=N/O)S(=O)(=O)c1cccnc1. The van der Waals surface area contributed by atoms with Crippen molar-refractivity contribution in [1.82, 2.24) is 9.29 Å². The minimum absolute atomic E-state index is 0.00478. The standard InChI is InChI=1S/C10H16N4O3S/c1-2-14(7-5-10(11)13-15)18(16,17)9-4-3-6-12-8-9/h3-4,6,8,15H,2,5,7H2,1H3,(H2,11,13). The lowest BCUT2D eigenvalue weighted by atomic mass is 10.4. The minimum Gasteiger partial charge on any atom is -0.409 e. The zero-order valence-corrected chi connectivity index (χ0v) is 10.8. The Morgan fingerprint density at radius 3 is 2.83 bits per heavy atom. The number of hydrogen-bond donors (Lipinski definition) is 2. The molecule has 0 unspecified atom stereocenters. The quantitative estimate of drug-likeness (QED) is 0.333. The Morgan fingerprint density at radius 2 is 2.33 bits per heavy atom. The van der Waals surface area contributed by atoms with E-state index in [-0.39, 0.29) is 23.7 Å². The molecule has 0 aromatic carbocycles. The summed E-state index contributed by atoms with van der Waals surface area (Å²) in [6, 6.07) is 3.04. The van der Waals surface area contributed by atoms with Gasteiger partial charge in [-0.05, 0) is 12.1 Å². The molecule has 0 saturated carbocycles. The second kappa shape index (κ2) is 6.31. The van der Waals surface area contributed by atoms with Crippen molar-refractivity contribution in [2.45, 2.75) is 18.2 Å². The smallest absolute Gasteiger partial charge is 0.244 e. The van der Waals surface area contributed by atoms with E-state index in [9.17, 15) is 8.42 Å². The molecule has 100 valence electrons. The van der Waals surface area contributed by atoms with Gasteiger partial charge in [-0.1, -0.05) is 12.1 Å². The van der Waals surface area contributed by atoms with Crippen LogP contribution in [0.2, 0.25) is 0 Å². The van der Waals surface area contributed by atoms with Crippen LogP contribution in [0.3, 0.4) is 0 Å². The van der Waals surface area contributed by atoms with E-state index in [0.717, 1.165) is 0 Å². The van der Waals surface area contributed by atoms with E-state index in [2.05, 4.69) is 10.1 Å². The van der Waals surface area contributed by atoms with Crippen molar-refractivity contribution in [2.24, 2.45) is 10.9 Å². The highest BCUT2D eigenvalue weighted by Crippen LogP contribution is 2.14. The molecule has 0 amide bonds. The Labute approximate surface area is 106 Å². The monoisotopic (exact) mass is 272 g/mol. The highest BCUT2D eigenvalue weighted by atomic mass is 32.2. The number of nitrogens with zero attached hydrogens (tertiary/aromatic N) is 3. The first-order chi connectivity index (χ1) is 8.52. The topological polar surface area (TPSA) is 109 Å². The number of aromatic nitrogens is 1. The van der Waals surface area contributed by atoms with Crippen LogP contribution >= 0.6 is 0 Å². The molecule has 7 nitrogen and oxygen atoms in total. The van der Waals surface area contributed by atoms with E-state index in [1.54, 1.807) is 13.0 Å². The van der Waals surface area contributed by atoms with Gasteiger partial charge in [0, 0.05) is 31.9 Å². The minimum atomic E-state index is -3.58. The van der Waals surface area contributed by atoms with Crippen LogP contribution in [0.25, 0.3) is 0 Å². The van der Waals surface area contributed by atoms with Crippen LogP contribution in [0.1, 0.15) is 13.3 Å². The van der Waals surface area contributed by atoms with Crippen LogP contribution in [-0.2, 0) is 10.0 Å². The summed E-state index contributed by atoms with van der Waals surface area (Å²) in [5, 5.41) is 11.2. The molecule has 0 radical (unpaired) electrons. The molecular weight excluding hydrogens is 256 g/mol. The molecule has 18 heavy (non-hydrogen) atoms. The summed E-state index contributed by atoms with van der Waals surface area (Å²) in [5.74, 6) is -0.00478. The third kappa shape index (κ3) is 3.41. The average molecular weight is 272 g/mol. The number of hydrogen-bond acceptors (Lipinski definition) is 5. The van der Waals surface area contributed by atoms with Gasteiger partial charge < -0.3 is 10.9 Å². The first-order valence-electron chi connectivity index (χ1n) is 5.39. The van der Waals surface area contributed by atoms with Crippen molar-refractivity contribution in [3.05, 3.63) is 24.5 Å². The van der Waals surface area contributed by atoms with E-state index in [0.29, 0.717) is 6.54 Å². The Kier molecular flexibility index (Phi) is 5.05. The average Bonchev–Trinajstić information content (AvgIpc) is 2.39. The number of pyridine rings is 1. The zero-order chi connectivity index (χ0) is 13.6. The van der Waals surface area contributed by atoms with Crippen molar-refractivity contribution < 1.29 is 13.6 Å². The molecule has 0 aliphatic heterocycles. The van der Waals surface area contributed by atoms with Crippen LogP contribution < -0.4 is 5.73 Å². The molecule has 0 saturated heterocycles. The fourth-order valence-electron chi connectivity index (χ4n) is 1.39. The Hall–Kier alpha value is -1.67. The molecule has 0 fully saturated rings. The third-order valence-electron chi connectivity index (χ3n) is 2.37. The molecule has 0 aliphatic rings. The Morgan fingerprint density at radius 1 is 1.61 bits per heavy atom. The first-order valence-corrected chi connectivity index (χ1v) is 6.83. The van der Waals surface area contributed by atoms with E-state index >= 15 is 0 Å². The summed E-state index contributed by atoms with van der Waals surface area (Å²) in [6.45, 7) is 2.18. The van der Waals surface area contributed by atoms with Gasteiger partial charge in [-0.15, -0.1) is 0 Å². The molecule has 3 N–H and O–H groups in total. The molecule has 0 atom stereocenters. The van der Waals surface area contributed by atoms with Gasteiger partial charge in [0.15, 0.2) is 0 Å². The van der Waals surface area contributed by atoms with E-state index in [1.807, 2.05) is 0 Å². The van der Waals surface area contributed by atoms with Crippen LogP contribution in [-0.4, -0.2) is 41.8 Å². The van der Waals surface area contributed by atoms with Crippen LogP contribution in [0.4, 0.5) is 0 Å². The highest BCUT2D eigenvalue weighted by molar-refractivity contribution is 7.89. The van der Waals surface area contributed by atoms with E-state index < -0.39 is 10.0 Å². The van der Waals surface area contributed by atoms with Gasteiger partial charge in [0.1, 0.15) is 10.7 Å². The molecule has 1 rings (SSSR count). The van der Waals surface area contributed by atoms with Gasteiger partial charge in [-0.3, -0.25) is 4.98 Å². The van der Waals surface area contributed by atoms with Crippen molar-refractivity contribution >= 4 is 15.9 Å². The molecular formula is C10H16N4O3S. The second-order valence-electron chi connectivity index (χ2n) is 3.53. The van der Waals surface area contributed by atoms with Gasteiger partial charge in [-0.2, -0.15) is 4.31 Å². The second-order valence-corrected chi connectivity index (χ2v) is 5.46.